The van der Waals surface area contributed by atoms with Crippen molar-refractivity contribution in [2.45, 2.75) is 39.7 Å². The number of aromatic nitrogens is 3. The molecule has 0 aliphatic carbocycles. The average molecular weight is 471 g/mol. The molecule has 2 aromatic heterocycles. The molecule has 0 saturated carbocycles. The Balaban J connectivity index is 1.74. The van der Waals surface area contributed by atoms with Crippen molar-refractivity contribution in [2.24, 2.45) is 0 Å². The number of benzene rings is 1. The second kappa shape index (κ2) is 9.28. The Bertz CT molecular complexity index is 1350. The van der Waals surface area contributed by atoms with Gasteiger partial charge >= 0.3 is 0 Å². The van der Waals surface area contributed by atoms with Crippen LogP contribution in [0.25, 0.3) is 16.6 Å². The van der Waals surface area contributed by atoms with E-state index >= 15 is 0 Å². The molecule has 0 saturated heterocycles. The zero-order valence-electron chi connectivity index (χ0n) is 19.0. The van der Waals surface area contributed by atoms with Gasteiger partial charge in [0.2, 0.25) is 5.91 Å². The van der Waals surface area contributed by atoms with Crippen LogP contribution in [0.15, 0.2) is 35.1 Å². The first-order chi connectivity index (χ1) is 16.2. The van der Waals surface area contributed by atoms with E-state index < -0.39 is 23.8 Å². The summed E-state index contributed by atoms with van der Waals surface area (Å²) in [5.74, 6) is -0.281. The van der Waals surface area contributed by atoms with Crippen LogP contribution in [0.1, 0.15) is 55.3 Å². The lowest BCUT2D eigenvalue weighted by Crippen LogP contribution is -2.33. The highest BCUT2D eigenvalue weighted by Crippen LogP contribution is 2.31. The van der Waals surface area contributed by atoms with Gasteiger partial charge in [-0.05, 0) is 31.9 Å². The second-order valence-electron chi connectivity index (χ2n) is 8.26. The number of anilines is 1. The number of nitrogens with zero attached hydrogens (tertiary/aromatic N) is 3. The molecule has 1 aromatic carbocycles. The number of aromatic amines is 1. The molecule has 178 valence electrons. The molecular formula is C24H24F3N5O2. The number of alkyl halides is 2. The summed E-state index contributed by atoms with van der Waals surface area (Å²) in [7, 11) is 0. The summed E-state index contributed by atoms with van der Waals surface area (Å²) >= 11 is 0. The summed E-state index contributed by atoms with van der Waals surface area (Å²) < 4.78 is 41.0. The molecule has 4 rings (SSSR count). The second-order valence-corrected chi connectivity index (χ2v) is 8.26. The molecule has 1 amide bonds. The summed E-state index contributed by atoms with van der Waals surface area (Å²) in [6, 6.07) is 4.86. The summed E-state index contributed by atoms with van der Waals surface area (Å²) in [6.45, 7) is 5.71. The van der Waals surface area contributed by atoms with Gasteiger partial charge in [-0.1, -0.05) is 24.3 Å². The maximum atomic E-state index is 14.7. The number of rotatable bonds is 5. The number of halogens is 3. The van der Waals surface area contributed by atoms with Gasteiger partial charge in [0, 0.05) is 31.1 Å². The summed E-state index contributed by atoms with van der Waals surface area (Å²) in [5, 5.41) is 3.60. The van der Waals surface area contributed by atoms with Crippen LogP contribution in [-0.2, 0) is 4.79 Å². The monoisotopic (exact) mass is 471 g/mol. The largest absolute Gasteiger partial charge is 0.363 e. The molecule has 1 aliphatic rings. The Morgan fingerprint density at radius 3 is 2.62 bits per heavy atom. The van der Waals surface area contributed by atoms with Crippen molar-refractivity contribution < 1.29 is 18.0 Å². The fraction of sp³-hybridized carbons (Fsp3) is 0.333. The van der Waals surface area contributed by atoms with E-state index in [9.17, 15) is 22.8 Å². The van der Waals surface area contributed by atoms with Crippen molar-refractivity contribution in [3.05, 3.63) is 69.0 Å². The molecule has 0 unspecified atom stereocenters. The fourth-order valence-electron chi connectivity index (χ4n) is 4.10. The van der Waals surface area contributed by atoms with Gasteiger partial charge in [0.05, 0.1) is 17.0 Å². The molecule has 0 fully saturated rings. The molecule has 2 N–H and O–H groups in total. The zero-order chi connectivity index (χ0) is 24.6. The number of hydrogen-bond donors (Lipinski definition) is 2. The van der Waals surface area contributed by atoms with Gasteiger partial charge in [-0.15, -0.1) is 0 Å². The van der Waals surface area contributed by atoms with Crippen molar-refractivity contribution in [3.63, 3.8) is 0 Å². The molecule has 0 bridgehead atoms. The molecule has 1 atom stereocenters. The highest BCUT2D eigenvalue weighted by Gasteiger charge is 2.22. The van der Waals surface area contributed by atoms with Crippen LogP contribution in [0.2, 0.25) is 0 Å². The lowest BCUT2D eigenvalue weighted by molar-refractivity contribution is -0.128. The van der Waals surface area contributed by atoms with E-state index in [1.54, 1.807) is 24.8 Å². The highest BCUT2D eigenvalue weighted by atomic mass is 19.3. The normalized spacial score (nSPS) is 14.9. The number of H-pyrrole nitrogens is 1. The minimum Gasteiger partial charge on any atom is -0.363 e. The predicted molar refractivity (Wildman–Crippen MR) is 123 cm³/mol. The third-order valence-corrected chi connectivity index (χ3v) is 5.94. The van der Waals surface area contributed by atoms with Crippen LogP contribution in [0.4, 0.5) is 19.0 Å². The van der Waals surface area contributed by atoms with Crippen molar-refractivity contribution in [3.8, 4) is 0 Å². The Labute approximate surface area is 193 Å². The van der Waals surface area contributed by atoms with E-state index in [-0.39, 0.29) is 17.0 Å². The van der Waals surface area contributed by atoms with Gasteiger partial charge in [0.1, 0.15) is 23.1 Å². The molecule has 3 heterocycles. The van der Waals surface area contributed by atoms with Gasteiger partial charge in [0.15, 0.2) is 0 Å². The maximum Gasteiger partial charge on any atom is 0.266 e. The standard InChI is InChI=1S/C24H24F3N5O2/c1-12(16-5-4-6-17(20(16)25)21(26)27)28-22-19-11-18(15-7-9-32(10-8-15)14(3)33)24(34)31-23(19)30-13(2)29-22/h4-7,11-12,21H,8-10H2,1-3H3,(H2,28,29,30,31,34)/t12-/m1/s1. The van der Waals surface area contributed by atoms with E-state index in [0.29, 0.717) is 47.7 Å². The third-order valence-electron chi connectivity index (χ3n) is 5.94. The zero-order valence-corrected chi connectivity index (χ0v) is 19.0. The number of aryl methyl sites for hydroxylation is 1. The van der Waals surface area contributed by atoms with Gasteiger partial charge in [0.25, 0.3) is 12.0 Å². The van der Waals surface area contributed by atoms with Gasteiger partial charge in [-0.2, -0.15) is 0 Å². The summed E-state index contributed by atoms with van der Waals surface area (Å²) in [6.07, 6.45) is -0.562. The van der Waals surface area contributed by atoms with Gasteiger partial charge in [-0.25, -0.2) is 23.1 Å². The number of carbonyl (C=O) groups is 1. The van der Waals surface area contributed by atoms with Crippen LogP contribution in [0.3, 0.4) is 0 Å². The summed E-state index contributed by atoms with van der Waals surface area (Å²) in [5.41, 5.74) is 0.638. The van der Waals surface area contributed by atoms with Gasteiger partial charge < -0.3 is 15.2 Å². The lowest BCUT2D eigenvalue weighted by atomic mass is 9.99. The number of amides is 1. The average Bonchev–Trinajstić information content (AvgIpc) is 2.78. The predicted octanol–water partition coefficient (Wildman–Crippen LogP) is 4.51. The van der Waals surface area contributed by atoms with Crippen molar-refractivity contribution in [1.82, 2.24) is 19.9 Å². The van der Waals surface area contributed by atoms with E-state index in [1.165, 1.54) is 19.1 Å². The van der Waals surface area contributed by atoms with E-state index in [4.69, 9.17) is 0 Å². The number of fused-ring (bicyclic) bond motifs is 1. The lowest BCUT2D eigenvalue weighted by Gasteiger charge is -2.25. The quantitative estimate of drug-likeness (QED) is 0.571. The first kappa shape index (κ1) is 23.5. The number of pyridine rings is 1. The number of nitrogens with one attached hydrogen (secondary N) is 2. The topological polar surface area (TPSA) is 91.0 Å². The van der Waals surface area contributed by atoms with Crippen molar-refractivity contribution >= 4 is 28.3 Å². The highest BCUT2D eigenvalue weighted by molar-refractivity contribution is 5.89. The molecule has 3 aromatic rings. The molecule has 0 spiro atoms. The first-order valence-electron chi connectivity index (χ1n) is 10.8. The Hall–Kier alpha value is -3.69. The Morgan fingerprint density at radius 2 is 1.97 bits per heavy atom. The SMILES string of the molecule is CC(=O)N1CC=C(c2cc3c(N[C@H](C)c4cccc(C(F)F)c4F)nc(C)nc3[nH]c2=O)CC1. The van der Waals surface area contributed by atoms with Crippen molar-refractivity contribution in [2.75, 3.05) is 18.4 Å². The smallest absolute Gasteiger partial charge is 0.266 e. The Morgan fingerprint density at radius 1 is 1.24 bits per heavy atom. The maximum absolute atomic E-state index is 14.7. The molecule has 34 heavy (non-hydrogen) atoms. The minimum atomic E-state index is -2.93. The minimum absolute atomic E-state index is 0.0322. The fourth-order valence-corrected chi connectivity index (χ4v) is 4.10. The van der Waals surface area contributed by atoms with E-state index in [0.717, 1.165) is 11.6 Å². The molecule has 7 nitrogen and oxygen atoms in total. The van der Waals surface area contributed by atoms with Gasteiger partial charge in [-0.3, -0.25) is 9.59 Å². The third kappa shape index (κ3) is 4.52. The van der Waals surface area contributed by atoms with Crippen LogP contribution in [0, 0.1) is 12.7 Å². The summed E-state index contributed by atoms with van der Waals surface area (Å²) in [4.78, 5) is 37.6. The Kier molecular flexibility index (Phi) is 6.41. The number of hydrogen-bond acceptors (Lipinski definition) is 5. The molecule has 1 aliphatic heterocycles. The van der Waals surface area contributed by atoms with Crippen LogP contribution in [0.5, 0.6) is 0 Å². The van der Waals surface area contributed by atoms with Crippen LogP contribution in [-0.4, -0.2) is 38.8 Å². The van der Waals surface area contributed by atoms with Crippen LogP contribution < -0.4 is 10.9 Å². The molecular weight excluding hydrogens is 447 g/mol. The van der Waals surface area contributed by atoms with E-state index in [2.05, 4.69) is 20.3 Å². The number of carbonyl (C=O) groups excluding carboxylic acids is 1. The van der Waals surface area contributed by atoms with Crippen LogP contribution >= 0.6 is 0 Å². The molecule has 0 radical (unpaired) electrons. The van der Waals surface area contributed by atoms with Crippen molar-refractivity contribution in [1.29, 1.82) is 0 Å². The first-order valence-corrected chi connectivity index (χ1v) is 10.8. The molecule has 10 heteroatoms. The van der Waals surface area contributed by atoms with E-state index in [1.807, 2.05) is 6.08 Å².